The van der Waals surface area contributed by atoms with E-state index in [1.54, 1.807) is 18.4 Å². The van der Waals surface area contributed by atoms with E-state index in [1.807, 2.05) is 6.92 Å². The van der Waals surface area contributed by atoms with Crippen LogP contribution in [0.15, 0.2) is 0 Å². The Morgan fingerprint density at radius 3 is 2.05 bits per heavy atom. The molecule has 0 atom stereocenters. The molecule has 0 heterocycles. The highest BCUT2D eigenvalue weighted by molar-refractivity contribution is 7.86. The Bertz CT molecular complexity index is 373. The van der Waals surface area contributed by atoms with Crippen LogP contribution in [0.1, 0.15) is 46.0 Å². The molecular weight excluding hydrogens is 262 g/mol. The van der Waals surface area contributed by atoms with Crippen molar-refractivity contribution in [2.45, 2.75) is 51.5 Å². The molecule has 0 aromatic heterocycles. The second-order valence-corrected chi connectivity index (χ2v) is 7.80. The lowest BCUT2D eigenvalue weighted by Gasteiger charge is -2.46. The molecule has 5 nitrogen and oxygen atoms in total. The fourth-order valence-corrected chi connectivity index (χ4v) is 4.59. The molecular formula is C13H29N3O2S. The zero-order valence-electron chi connectivity index (χ0n) is 12.7. The summed E-state index contributed by atoms with van der Waals surface area (Å²) in [5.74, 6) is 0.723. The van der Waals surface area contributed by atoms with E-state index in [9.17, 15) is 8.42 Å². The van der Waals surface area contributed by atoms with E-state index in [0.717, 1.165) is 31.6 Å². The number of hydrogen-bond acceptors (Lipinski definition) is 3. The summed E-state index contributed by atoms with van der Waals surface area (Å²) < 4.78 is 27.9. The molecule has 0 spiro atoms. The summed E-state index contributed by atoms with van der Waals surface area (Å²) in [6.07, 6.45) is 5.08. The summed E-state index contributed by atoms with van der Waals surface area (Å²) in [4.78, 5) is 0. The molecule has 0 aliphatic heterocycles. The first-order valence-electron chi connectivity index (χ1n) is 7.24. The van der Waals surface area contributed by atoms with Crippen molar-refractivity contribution in [1.29, 1.82) is 0 Å². The van der Waals surface area contributed by atoms with Gasteiger partial charge in [0, 0.05) is 32.7 Å². The van der Waals surface area contributed by atoms with Crippen LogP contribution in [0.4, 0.5) is 0 Å². The zero-order valence-corrected chi connectivity index (χ0v) is 13.5. The molecule has 1 fully saturated rings. The average molecular weight is 291 g/mol. The summed E-state index contributed by atoms with van der Waals surface area (Å²) in [5, 5.41) is 0. The minimum Gasteiger partial charge on any atom is -0.329 e. The molecule has 19 heavy (non-hydrogen) atoms. The average Bonchev–Trinajstić information content (AvgIpc) is 2.39. The molecule has 2 N–H and O–H groups in total. The van der Waals surface area contributed by atoms with Crippen molar-refractivity contribution < 1.29 is 8.42 Å². The van der Waals surface area contributed by atoms with E-state index in [2.05, 4.69) is 6.92 Å². The Balaban J connectivity index is 3.00. The summed E-state index contributed by atoms with van der Waals surface area (Å²) >= 11 is 0. The molecule has 1 aliphatic rings. The molecule has 1 saturated carbocycles. The van der Waals surface area contributed by atoms with Crippen molar-refractivity contribution in [3.05, 3.63) is 0 Å². The second kappa shape index (κ2) is 6.52. The second-order valence-electron chi connectivity index (χ2n) is 5.74. The van der Waals surface area contributed by atoms with Gasteiger partial charge in [0.15, 0.2) is 0 Å². The Morgan fingerprint density at radius 2 is 1.74 bits per heavy atom. The van der Waals surface area contributed by atoms with Gasteiger partial charge in [-0.25, -0.2) is 0 Å². The molecule has 6 heteroatoms. The Hall–Kier alpha value is -0.170. The van der Waals surface area contributed by atoms with Gasteiger partial charge < -0.3 is 5.73 Å². The Kier molecular flexibility index (Phi) is 5.79. The third-order valence-corrected chi connectivity index (χ3v) is 6.67. The summed E-state index contributed by atoms with van der Waals surface area (Å²) in [6, 6.07) is 0. The minimum absolute atomic E-state index is 0.385. The van der Waals surface area contributed by atoms with Crippen molar-refractivity contribution in [2.24, 2.45) is 11.7 Å². The monoisotopic (exact) mass is 291 g/mol. The predicted molar refractivity (Wildman–Crippen MR) is 79.0 cm³/mol. The smallest absolute Gasteiger partial charge is 0.282 e. The van der Waals surface area contributed by atoms with Gasteiger partial charge in [0.05, 0.1) is 0 Å². The lowest BCUT2D eigenvalue weighted by Crippen LogP contribution is -2.59. The third-order valence-electron chi connectivity index (χ3n) is 4.55. The van der Waals surface area contributed by atoms with E-state index >= 15 is 0 Å². The van der Waals surface area contributed by atoms with Crippen molar-refractivity contribution in [3.8, 4) is 0 Å². The fourth-order valence-electron chi connectivity index (χ4n) is 3.12. The van der Waals surface area contributed by atoms with Gasteiger partial charge >= 0.3 is 0 Å². The molecule has 1 rings (SSSR count). The third kappa shape index (κ3) is 3.29. The molecule has 0 unspecified atom stereocenters. The van der Waals surface area contributed by atoms with Crippen molar-refractivity contribution >= 4 is 10.2 Å². The minimum atomic E-state index is -3.40. The van der Waals surface area contributed by atoms with Crippen LogP contribution in [0.25, 0.3) is 0 Å². The van der Waals surface area contributed by atoms with Gasteiger partial charge in [0.1, 0.15) is 0 Å². The predicted octanol–water partition coefficient (Wildman–Crippen LogP) is 1.41. The molecule has 0 aromatic rings. The fraction of sp³-hybridized carbons (Fsp3) is 1.00. The summed E-state index contributed by atoms with van der Waals surface area (Å²) in [6.45, 7) is 4.98. The van der Waals surface area contributed by atoms with Crippen LogP contribution in [0.2, 0.25) is 0 Å². The van der Waals surface area contributed by atoms with Crippen molar-refractivity contribution in [3.63, 3.8) is 0 Å². The van der Waals surface area contributed by atoms with Gasteiger partial charge in [-0.2, -0.15) is 17.0 Å². The van der Waals surface area contributed by atoms with Gasteiger partial charge in [0.2, 0.25) is 0 Å². The van der Waals surface area contributed by atoms with Crippen LogP contribution >= 0.6 is 0 Å². The molecule has 0 saturated heterocycles. The largest absolute Gasteiger partial charge is 0.329 e. The van der Waals surface area contributed by atoms with E-state index in [0.29, 0.717) is 13.1 Å². The molecule has 0 bridgehead atoms. The molecule has 114 valence electrons. The van der Waals surface area contributed by atoms with E-state index in [-0.39, 0.29) is 5.54 Å². The van der Waals surface area contributed by atoms with E-state index in [1.165, 1.54) is 10.7 Å². The van der Waals surface area contributed by atoms with Gasteiger partial charge in [-0.1, -0.05) is 20.3 Å². The molecule has 0 amide bonds. The van der Waals surface area contributed by atoms with E-state index in [4.69, 9.17) is 5.73 Å². The maximum absolute atomic E-state index is 12.5. The van der Waals surface area contributed by atoms with Crippen LogP contribution in [-0.4, -0.2) is 49.8 Å². The van der Waals surface area contributed by atoms with E-state index < -0.39 is 10.2 Å². The maximum atomic E-state index is 12.5. The highest BCUT2D eigenvalue weighted by atomic mass is 32.2. The highest BCUT2D eigenvalue weighted by Gasteiger charge is 2.44. The summed E-state index contributed by atoms with van der Waals surface area (Å²) in [5.41, 5.74) is 5.59. The lowest BCUT2D eigenvalue weighted by molar-refractivity contribution is 0.109. The first-order valence-corrected chi connectivity index (χ1v) is 8.64. The topological polar surface area (TPSA) is 66.6 Å². The zero-order chi connectivity index (χ0) is 14.7. The first kappa shape index (κ1) is 16.9. The van der Waals surface area contributed by atoms with Crippen LogP contribution in [-0.2, 0) is 10.2 Å². The number of rotatable bonds is 6. The normalized spacial score (nSPS) is 29.1. The van der Waals surface area contributed by atoms with Crippen LogP contribution < -0.4 is 5.73 Å². The number of nitrogens with zero attached hydrogens (tertiary/aromatic N) is 2. The molecule has 0 radical (unpaired) electrons. The van der Waals surface area contributed by atoms with Crippen LogP contribution in [0.5, 0.6) is 0 Å². The highest BCUT2D eigenvalue weighted by Crippen LogP contribution is 2.38. The number of nitrogens with two attached hydrogens (primary N) is 1. The van der Waals surface area contributed by atoms with Crippen LogP contribution in [0.3, 0.4) is 0 Å². The Labute approximate surface area is 118 Å². The van der Waals surface area contributed by atoms with Gasteiger partial charge in [-0.05, 0) is 31.6 Å². The Morgan fingerprint density at radius 1 is 1.21 bits per heavy atom. The van der Waals surface area contributed by atoms with Gasteiger partial charge in [-0.15, -0.1) is 0 Å². The van der Waals surface area contributed by atoms with Crippen LogP contribution in [0, 0.1) is 5.92 Å². The number of hydrogen-bond donors (Lipinski definition) is 1. The first-order chi connectivity index (χ1) is 8.84. The number of likely N-dealkylation sites (N-methyl/N-ethyl adjacent to an activating group) is 1. The quantitative estimate of drug-likeness (QED) is 0.804. The standard InChI is InChI=1S/C13H29N3O2S/c1-5-12-7-9-13(11-14,10-8-12)16(6-2)19(17,18)15(3)4/h12H,5-11,14H2,1-4H3. The molecule has 0 aromatic carbocycles. The maximum Gasteiger partial charge on any atom is 0.282 e. The summed E-state index contributed by atoms with van der Waals surface area (Å²) in [7, 11) is -0.230. The SMILES string of the molecule is CCC1CCC(CN)(N(CC)S(=O)(=O)N(C)C)CC1. The van der Waals surface area contributed by atoms with Crippen molar-refractivity contribution in [1.82, 2.24) is 8.61 Å². The molecule has 1 aliphatic carbocycles. The van der Waals surface area contributed by atoms with Crippen molar-refractivity contribution in [2.75, 3.05) is 27.2 Å². The van der Waals surface area contributed by atoms with Gasteiger partial charge in [-0.3, -0.25) is 0 Å². The lowest BCUT2D eigenvalue weighted by atomic mass is 9.75. The van der Waals surface area contributed by atoms with Gasteiger partial charge in [0.25, 0.3) is 10.2 Å².